The van der Waals surface area contributed by atoms with Gasteiger partial charge in [0.2, 0.25) is 0 Å². The van der Waals surface area contributed by atoms with Gasteiger partial charge in [0.15, 0.2) is 0 Å². The fraction of sp³-hybridized carbons (Fsp3) is 0.812. The maximum absolute atomic E-state index is 5.24. The number of ether oxygens (including phenoxy) is 1. The Morgan fingerprint density at radius 3 is 3.10 bits per heavy atom. The molecule has 0 spiro atoms. The van der Waals surface area contributed by atoms with Crippen molar-refractivity contribution in [2.75, 3.05) is 33.4 Å². The summed E-state index contributed by atoms with van der Waals surface area (Å²) in [6.45, 7) is 4.04. The summed E-state index contributed by atoms with van der Waals surface area (Å²) in [5.41, 5.74) is 1.46. The second kappa shape index (κ2) is 5.61. The van der Waals surface area contributed by atoms with Crippen LogP contribution in [-0.4, -0.2) is 49.3 Å². The summed E-state index contributed by atoms with van der Waals surface area (Å²) in [6, 6.07) is 0.850. The summed E-state index contributed by atoms with van der Waals surface area (Å²) < 4.78 is 5.24. The topological polar surface area (TPSA) is 37.4 Å². The maximum Gasteiger partial charge on any atom is 0.115 e. The van der Waals surface area contributed by atoms with E-state index in [0.29, 0.717) is 0 Å². The number of aromatic nitrogens is 1. The van der Waals surface area contributed by atoms with E-state index in [1.54, 1.807) is 12.0 Å². The number of likely N-dealkylation sites (tertiary alicyclic amines) is 1. The van der Waals surface area contributed by atoms with Crippen molar-refractivity contribution in [3.05, 3.63) is 15.6 Å². The molecule has 0 aromatic carbocycles. The van der Waals surface area contributed by atoms with Crippen LogP contribution in [0.2, 0.25) is 0 Å². The summed E-state index contributed by atoms with van der Waals surface area (Å²) in [4.78, 5) is 9.24. The molecule has 0 radical (unpaired) electrons. The lowest BCUT2D eigenvalue weighted by Gasteiger charge is -2.29. The van der Waals surface area contributed by atoms with E-state index in [-0.39, 0.29) is 5.54 Å². The number of aryl methyl sites for hydroxylation is 2. The van der Waals surface area contributed by atoms with Crippen LogP contribution < -0.4 is 5.32 Å². The number of fused-ring (bicyclic) bond motifs is 1. The van der Waals surface area contributed by atoms with Crippen LogP contribution in [0, 0.1) is 0 Å². The minimum absolute atomic E-state index is 0.0795. The average Bonchev–Trinajstić information content (AvgIpc) is 2.91. The van der Waals surface area contributed by atoms with Crippen LogP contribution >= 0.6 is 11.3 Å². The molecule has 2 fully saturated rings. The van der Waals surface area contributed by atoms with E-state index in [4.69, 9.17) is 9.72 Å². The Labute approximate surface area is 130 Å². The van der Waals surface area contributed by atoms with Crippen LogP contribution in [0.5, 0.6) is 0 Å². The molecule has 1 saturated carbocycles. The molecule has 1 aromatic heterocycles. The molecule has 0 bridgehead atoms. The highest BCUT2D eigenvalue weighted by atomic mass is 32.1. The van der Waals surface area contributed by atoms with Gasteiger partial charge < -0.3 is 10.1 Å². The Morgan fingerprint density at radius 2 is 2.33 bits per heavy atom. The third-order valence-corrected chi connectivity index (χ3v) is 6.50. The summed E-state index contributed by atoms with van der Waals surface area (Å²) in [5.74, 6) is 0. The standard InChI is InChI=1S/C16H25N3OS/c1-20-10-8-17-16(7-9-19(11-16)12-5-6-12)15-18-13-3-2-4-14(13)21-15/h12,17H,2-11H2,1H3. The van der Waals surface area contributed by atoms with Crippen LogP contribution in [-0.2, 0) is 23.1 Å². The number of nitrogens with zero attached hydrogens (tertiary/aromatic N) is 2. The first-order chi connectivity index (χ1) is 10.3. The highest BCUT2D eigenvalue weighted by Crippen LogP contribution is 2.41. The molecule has 21 heavy (non-hydrogen) atoms. The average molecular weight is 307 g/mol. The molecule has 0 amide bonds. The molecule has 1 saturated heterocycles. The number of hydrogen-bond donors (Lipinski definition) is 1. The first kappa shape index (κ1) is 14.1. The van der Waals surface area contributed by atoms with Crippen LogP contribution in [0.4, 0.5) is 0 Å². The van der Waals surface area contributed by atoms with Crippen LogP contribution in [0.25, 0.3) is 0 Å². The van der Waals surface area contributed by atoms with Gasteiger partial charge in [0, 0.05) is 37.7 Å². The lowest BCUT2D eigenvalue weighted by Crippen LogP contribution is -2.46. The van der Waals surface area contributed by atoms with Crippen molar-refractivity contribution in [2.24, 2.45) is 0 Å². The lowest BCUT2D eigenvalue weighted by atomic mass is 9.99. The summed E-state index contributed by atoms with van der Waals surface area (Å²) >= 11 is 1.97. The molecule has 1 aromatic rings. The van der Waals surface area contributed by atoms with Gasteiger partial charge in [0.25, 0.3) is 0 Å². The van der Waals surface area contributed by atoms with Gasteiger partial charge in [0.05, 0.1) is 17.8 Å². The number of thiazole rings is 1. The normalized spacial score (nSPS) is 29.2. The zero-order valence-corrected chi connectivity index (χ0v) is 13.7. The fourth-order valence-electron chi connectivity index (χ4n) is 3.77. The largest absolute Gasteiger partial charge is 0.383 e. The molecule has 2 aliphatic carbocycles. The van der Waals surface area contributed by atoms with E-state index in [1.165, 1.54) is 55.8 Å². The fourth-order valence-corrected chi connectivity index (χ4v) is 5.11. The number of hydrogen-bond acceptors (Lipinski definition) is 5. The molecule has 1 atom stereocenters. The highest BCUT2D eigenvalue weighted by molar-refractivity contribution is 7.12. The predicted molar refractivity (Wildman–Crippen MR) is 84.9 cm³/mol. The van der Waals surface area contributed by atoms with E-state index in [2.05, 4.69) is 10.2 Å². The first-order valence-electron chi connectivity index (χ1n) is 8.28. The van der Waals surface area contributed by atoms with Crippen molar-refractivity contribution in [3.63, 3.8) is 0 Å². The Morgan fingerprint density at radius 1 is 1.43 bits per heavy atom. The minimum atomic E-state index is 0.0795. The van der Waals surface area contributed by atoms with E-state index in [1.807, 2.05) is 11.3 Å². The molecule has 116 valence electrons. The Kier molecular flexibility index (Phi) is 3.78. The molecule has 1 unspecified atom stereocenters. The second-order valence-electron chi connectivity index (χ2n) is 6.70. The van der Waals surface area contributed by atoms with E-state index in [9.17, 15) is 0 Å². The van der Waals surface area contributed by atoms with Gasteiger partial charge in [-0.05, 0) is 38.5 Å². The molecule has 3 aliphatic rings. The second-order valence-corrected chi connectivity index (χ2v) is 7.78. The molecular weight excluding hydrogens is 282 g/mol. The zero-order valence-electron chi connectivity index (χ0n) is 12.9. The van der Waals surface area contributed by atoms with Crippen LogP contribution in [0.15, 0.2) is 0 Å². The third kappa shape index (κ3) is 2.65. The van der Waals surface area contributed by atoms with Gasteiger partial charge in [-0.1, -0.05) is 0 Å². The van der Waals surface area contributed by atoms with Crippen molar-refractivity contribution in [3.8, 4) is 0 Å². The van der Waals surface area contributed by atoms with Gasteiger partial charge in [-0.25, -0.2) is 4.98 Å². The molecule has 1 aliphatic heterocycles. The molecule has 4 rings (SSSR count). The van der Waals surface area contributed by atoms with Crippen molar-refractivity contribution < 1.29 is 4.74 Å². The van der Waals surface area contributed by atoms with Gasteiger partial charge in [-0.15, -0.1) is 11.3 Å². The first-order valence-corrected chi connectivity index (χ1v) is 9.09. The summed E-state index contributed by atoms with van der Waals surface area (Å²) in [6.07, 6.45) is 7.71. The van der Waals surface area contributed by atoms with Gasteiger partial charge in [-0.2, -0.15) is 0 Å². The van der Waals surface area contributed by atoms with Crippen LogP contribution in [0.3, 0.4) is 0 Å². The number of methoxy groups -OCH3 is 1. The SMILES string of the molecule is COCCNC1(c2nc3c(s2)CCC3)CCN(C2CC2)C1. The van der Waals surface area contributed by atoms with Crippen molar-refractivity contribution in [2.45, 2.75) is 50.1 Å². The smallest absolute Gasteiger partial charge is 0.115 e. The predicted octanol–water partition coefficient (Wildman–Crippen LogP) is 1.93. The Hall–Kier alpha value is -0.490. The quantitative estimate of drug-likeness (QED) is 0.815. The Balaban J connectivity index is 1.56. The molecule has 4 nitrogen and oxygen atoms in total. The van der Waals surface area contributed by atoms with Crippen LogP contribution in [0.1, 0.15) is 41.3 Å². The monoisotopic (exact) mass is 307 g/mol. The van der Waals surface area contributed by atoms with E-state index < -0.39 is 0 Å². The van der Waals surface area contributed by atoms with E-state index >= 15 is 0 Å². The van der Waals surface area contributed by atoms with Crippen molar-refractivity contribution in [1.82, 2.24) is 15.2 Å². The number of rotatable bonds is 6. The summed E-state index contributed by atoms with van der Waals surface area (Å²) in [5, 5.41) is 5.13. The molecular formula is C16H25N3OS. The summed E-state index contributed by atoms with van der Waals surface area (Å²) in [7, 11) is 1.78. The van der Waals surface area contributed by atoms with Gasteiger partial charge >= 0.3 is 0 Å². The molecule has 5 heteroatoms. The van der Waals surface area contributed by atoms with E-state index in [0.717, 1.165) is 25.7 Å². The van der Waals surface area contributed by atoms with Crippen molar-refractivity contribution in [1.29, 1.82) is 0 Å². The van der Waals surface area contributed by atoms with Crippen molar-refractivity contribution >= 4 is 11.3 Å². The minimum Gasteiger partial charge on any atom is -0.383 e. The Bertz CT molecular complexity index is 492. The van der Waals surface area contributed by atoms with Gasteiger partial charge in [0.1, 0.15) is 5.01 Å². The molecule has 1 N–H and O–H groups in total. The lowest BCUT2D eigenvalue weighted by molar-refractivity contribution is 0.181. The zero-order chi connectivity index (χ0) is 14.3. The third-order valence-electron chi connectivity index (χ3n) is 5.14. The van der Waals surface area contributed by atoms with Gasteiger partial charge in [-0.3, -0.25) is 4.90 Å². The molecule has 2 heterocycles. The number of nitrogens with one attached hydrogen (secondary N) is 1. The highest BCUT2D eigenvalue weighted by Gasteiger charge is 2.46. The maximum atomic E-state index is 5.24.